The third kappa shape index (κ3) is 2.18. The van der Waals surface area contributed by atoms with Crippen molar-refractivity contribution in [3.8, 4) is 0 Å². The first kappa shape index (κ1) is 11.4. The summed E-state index contributed by atoms with van der Waals surface area (Å²) in [5, 5.41) is 10.4. The molecule has 0 aliphatic carbocycles. The van der Waals surface area contributed by atoms with Crippen LogP contribution in [0.3, 0.4) is 0 Å². The van der Waals surface area contributed by atoms with Gasteiger partial charge in [-0.3, -0.25) is 14.9 Å². The second-order valence-electron chi connectivity index (χ2n) is 4.28. The Morgan fingerprint density at radius 2 is 2.11 bits per heavy atom. The largest absolute Gasteiger partial charge is 0.320 e. The van der Waals surface area contributed by atoms with Crippen molar-refractivity contribution in [3.05, 3.63) is 54.0 Å². The molecule has 0 saturated heterocycles. The number of aromatic nitrogens is 3. The average molecular weight is 252 g/mol. The molecule has 3 rings (SSSR count). The number of hydrogen-bond donors (Lipinski definition) is 2. The number of fused-ring (bicyclic) bond motifs is 1. The minimum Gasteiger partial charge on any atom is -0.320 e. The number of anilines is 1. The molecule has 19 heavy (non-hydrogen) atoms. The van der Waals surface area contributed by atoms with Crippen LogP contribution < -0.4 is 5.32 Å². The molecule has 0 aliphatic heterocycles. The van der Waals surface area contributed by atoms with Crippen LogP contribution in [0.1, 0.15) is 16.1 Å². The summed E-state index contributed by atoms with van der Waals surface area (Å²) in [5.41, 5.74) is 2.85. The fourth-order valence-electron chi connectivity index (χ4n) is 1.92. The Kier molecular flexibility index (Phi) is 2.72. The molecule has 0 fully saturated rings. The second kappa shape index (κ2) is 4.53. The quantitative estimate of drug-likeness (QED) is 0.736. The van der Waals surface area contributed by atoms with E-state index >= 15 is 0 Å². The summed E-state index contributed by atoms with van der Waals surface area (Å²) < 4.78 is 0. The summed E-state index contributed by atoms with van der Waals surface area (Å²) in [6, 6.07) is 9.66. The zero-order chi connectivity index (χ0) is 13.2. The van der Waals surface area contributed by atoms with E-state index in [-0.39, 0.29) is 5.91 Å². The Labute approximate surface area is 109 Å². The van der Waals surface area contributed by atoms with Gasteiger partial charge in [0.1, 0.15) is 0 Å². The van der Waals surface area contributed by atoms with Crippen molar-refractivity contribution >= 4 is 22.5 Å². The van der Waals surface area contributed by atoms with Gasteiger partial charge in [0.2, 0.25) is 0 Å². The van der Waals surface area contributed by atoms with Gasteiger partial charge in [-0.25, -0.2) is 0 Å². The lowest BCUT2D eigenvalue weighted by atomic mass is 10.2. The molecule has 1 amide bonds. The van der Waals surface area contributed by atoms with Gasteiger partial charge in [-0.1, -0.05) is 18.2 Å². The first-order valence-corrected chi connectivity index (χ1v) is 5.90. The number of para-hydroxylation sites is 1. The number of aryl methyl sites for hydroxylation is 1. The molecule has 0 saturated carbocycles. The number of rotatable bonds is 2. The predicted octanol–water partition coefficient (Wildman–Crippen LogP) is 2.52. The van der Waals surface area contributed by atoms with Crippen LogP contribution in [-0.2, 0) is 0 Å². The van der Waals surface area contributed by atoms with Crippen LogP contribution in [0.25, 0.3) is 10.9 Å². The smallest absolute Gasteiger partial charge is 0.259 e. The molecule has 0 bridgehead atoms. The molecule has 2 N–H and O–H groups in total. The highest BCUT2D eigenvalue weighted by atomic mass is 16.1. The molecule has 5 nitrogen and oxygen atoms in total. The first-order chi connectivity index (χ1) is 9.24. The van der Waals surface area contributed by atoms with E-state index in [0.717, 1.165) is 16.6 Å². The molecule has 1 aromatic carbocycles. The highest BCUT2D eigenvalue weighted by Gasteiger charge is 2.11. The normalized spacial score (nSPS) is 10.6. The number of H-pyrrole nitrogens is 1. The number of nitrogens with one attached hydrogen (secondary N) is 2. The summed E-state index contributed by atoms with van der Waals surface area (Å²) in [4.78, 5) is 16.3. The number of aromatic amines is 1. The van der Waals surface area contributed by atoms with Gasteiger partial charge in [-0.15, -0.1) is 0 Å². The van der Waals surface area contributed by atoms with E-state index in [1.165, 1.54) is 6.20 Å². The van der Waals surface area contributed by atoms with Crippen LogP contribution in [-0.4, -0.2) is 21.1 Å². The first-order valence-electron chi connectivity index (χ1n) is 5.90. The molecule has 94 valence electrons. The fourth-order valence-corrected chi connectivity index (χ4v) is 1.92. The van der Waals surface area contributed by atoms with Crippen LogP contribution in [0.5, 0.6) is 0 Å². The monoisotopic (exact) mass is 252 g/mol. The van der Waals surface area contributed by atoms with Crippen molar-refractivity contribution in [2.75, 3.05) is 5.32 Å². The maximum atomic E-state index is 12.0. The number of benzene rings is 1. The van der Waals surface area contributed by atoms with Crippen molar-refractivity contribution in [3.63, 3.8) is 0 Å². The topological polar surface area (TPSA) is 70.7 Å². The highest BCUT2D eigenvalue weighted by molar-refractivity contribution is 6.05. The second-order valence-corrected chi connectivity index (χ2v) is 4.28. The van der Waals surface area contributed by atoms with E-state index in [1.54, 1.807) is 13.1 Å². The van der Waals surface area contributed by atoms with E-state index < -0.39 is 0 Å². The summed E-state index contributed by atoms with van der Waals surface area (Å²) in [5.74, 6) is -0.191. The third-order valence-electron chi connectivity index (χ3n) is 2.92. The Hall–Kier alpha value is -2.69. The number of hydrogen-bond acceptors (Lipinski definition) is 3. The Balaban J connectivity index is 1.89. The molecule has 2 heterocycles. The standard InChI is InChI=1S/C14H12N4O/c1-9-12(8-16-18-9)14(19)17-11-6-10-4-2-3-5-13(10)15-7-11/h2-8H,1H3,(H,16,18)(H,17,19). The van der Waals surface area contributed by atoms with E-state index in [0.29, 0.717) is 11.3 Å². The molecule has 0 radical (unpaired) electrons. The van der Waals surface area contributed by atoms with Gasteiger partial charge in [0.15, 0.2) is 0 Å². The number of carbonyl (C=O) groups excluding carboxylic acids is 1. The molecule has 5 heteroatoms. The Bertz CT molecular complexity index is 748. The summed E-state index contributed by atoms with van der Waals surface area (Å²) in [6.07, 6.45) is 3.16. The van der Waals surface area contributed by atoms with Gasteiger partial charge in [0.05, 0.1) is 29.2 Å². The van der Waals surface area contributed by atoms with E-state index in [1.807, 2.05) is 30.3 Å². The molecule has 0 spiro atoms. The minimum absolute atomic E-state index is 0.191. The minimum atomic E-state index is -0.191. The SMILES string of the molecule is Cc1[nH]ncc1C(=O)Nc1cnc2ccccc2c1. The van der Waals surface area contributed by atoms with E-state index in [4.69, 9.17) is 0 Å². The maximum Gasteiger partial charge on any atom is 0.259 e. The highest BCUT2D eigenvalue weighted by Crippen LogP contribution is 2.17. The zero-order valence-electron chi connectivity index (χ0n) is 10.3. The van der Waals surface area contributed by atoms with Gasteiger partial charge in [0, 0.05) is 11.1 Å². The molecule has 2 aromatic heterocycles. The summed E-state index contributed by atoms with van der Waals surface area (Å²) in [7, 11) is 0. The lowest BCUT2D eigenvalue weighted by molar-refractivity contribution is 0.102. The maximum absolute atomic E-state index is 12.0. The predicted molar refractivity (Wildman–Crippen MR) is 73.0 cm³/mol. The van der Waals surface area contributed by atoms with Gasteiger partial charge >= 0.3 is 0 Å². The lowest BCUT2D eigenvalue weighted by Crippen LogP contribution is -2.12. The van der Waals surface area contributed by atoms with Crippen LogP contribution >= 0.6 is 0 Å². The molecule has 0 unspecified atom stereocenters. The fraction of sp³-hybridized carbons (Fsp3) is 0.0714. The van der Waals surface area contributed by atoms with Crippen molar-refractivity contribution in [2.24, 2.45) is 0 Å². The number of carbonyl (C=O) groups is 1. The van der Waals surface area contributed by atoms with Gasteiger partial charge < -0.3 is 5.32 Å². The summed E-state index contributed by atoms with van der Waals surface area (Å²) >= 11 is 0. The van der Waals surface area contributed by atoms with Gasteiger partial charge in [-0.05, 0) is 19.1 Å². The Morgan fingerprint density at radius 3 is 2.89 bits per heavy atom. The zero-order valence-corrected chi connectivity index (χ0v) is 10.3. The lowest BCUT2D eigenvalue weighted by Gasteiger charge is -2.05. The molecule has 0 atom stereocenters. The van der Waals surface area contributed by atoms with Crippen molar-refractivity contribution < 1.29 is 4.79 Å². The van der Waals surface area contributed by atoms with Crippen LogP contribution in [0.2, 0.25) is 0 Å². The van der Waals surface area contributed by atoms with Gasteiger partial charge in [-0.2, -0.15) is 5.10 Å². The summed E-state index contributed by atoms with van der Waals surface area (Å²) in [6.45, 7) is 1.81. The van der Waals surface area contributed by atoms with Gasteiger partial charge in [0.25, 0.3) is 5.91 Å². The third-order valence-corrected chi connectivity index (χ3v) is 2.92. The van der Waals surface area contributed by atoms with Crippen LogP contribution in [0, 0.1) is 6.92 Å². The van der Waals surface area contributed by atoms with Crippen molar-refractivity contribution in [1.82, 2.24) is 15.2 Å². The molecular weight excluding hydrogens is 240 g/mol. The molecular formula is C14H12N4O. The number of pyridine rings is 1. The molecule has 3 aromatic rings. The number of amides is 1. The molecule has 0 aliphatic rings. The van der Waals surface area contributed by atoms with Crippen LogP contribution in [0.15, 0.2) is 42.7 Å². The Morgan fingerprint density at radius 1 is 1.26 bits per heavy atom. The van der Waals surface area contributed by atoms with E-state index in [9.17, 15) is 4.79 Å². The van der Waals surface area contributed by atoms with Crippen molar-refractivity contribution in [2.45, 2.75) is 6.92 Å². The van der Waals surface area contributed by atoms with Crippen molar-refractivity contribution in [1.29, 1.82) is 0 Å². The number of nitrogens with zero attached hydrogens (tertiary/aromatic N) is 2. The average Bonchev–Trinajstić information content (AvgIpc) is 2.85. The van der Waals surface area contributed by atoms with E-state index in [2.05, 4.69) is 20.5 Å². The van der Waals surface area contributed by atoms with Crippen LogP contribution in [0.4, 0.5) is 5.69 Å².